The lowest BCUT2D eigenvalue weighted by atomic mass is 10.2. The summed E-state index contributed by atoms with van der Waals surface area (Å²) in [5.74, 6) is 0.668. The van der Waals surface area contributed by atoms with Gasteiger partial charge in [-0.1, -0.05) is 11.2 Å². The zero-order chi connectivity index (χ0) is 10.2. The van der Waals surface area contributed by atoms with E-state index in [9.17, 15) is 8.42 Å². The van der Waals surface area contributed by atoms with Crippen molar-refractivity contribution in [2.24, 2.45) is 0 Å². The third-order valence-electron chi connectivity index (χ3n) is 1.77. The van der Waals surface area contributed by atoms with E-state index in [0.717, 1.165) is 0 Å². The molecule has 1 aromatic rings. The number of hydrogen-bond donors (Lipinski definition) is 0. The van der Waals surface area contributed by atoms with Crippen LogP contribution < -0.4 is 0 Å². The standard InChI is InChI=1S/C7H6ClNO3S2/c8-14(10,11)7-2-1-6(13-7)5-3-4-9-12-5/h2-4,6H,1H2. The molecule has 0 saturated heterocycles. The van der Waals surface area contributed by atoms with E-state index < -0.39 is 9.05 Å². The van der Waals surface area contributed by atoms with E-state index in [4.69, 9.17) is 15.2 Å². The Balaban J connectivity index is 2.14. The van der Waals surface area contributed by atoms with Gasteiger partial charge in [-0.05, 0) is 6.42 Å². The fourth-order valence-electron chi connectivity index (χ4n) is 1.16. The van der Waals surface area contributed by atoms with Crippen molar-refractivity contribution < 1.29 is 12.9 Å². The second kappa shape index (κ2) is 3.60. The molecule has 0 spiro atoms. The van der Waals surface area contributed by atoms with Crippen LogP contribution in [-0.2, 0) is 9.05 Å². The summed E-state index contributed by atoms with van der Waals surface area (Å²) in [4.78, 5) is 0. The summed E-state index contributed by atoms with van der Waals surface area (Å²) in [5.41, 5.74) is 0. The van der Waals surface area contributed by atoms with Crippen molar-refractivity contribution in [2.75, 3.05) is 0 Å². The van der Waals surface area contributed by atoms with Gasteiger partial charge >= 0.3 is 0 Å². The number of halogens is 1. The van der Waals surface area contributed by atoms with Crippen molar-refractivity contribution in [1.29, 1.82) is 0 Å². The molecule has 1 aliphatic rings. The Morgan fingerprint density at radius 1 is 1.64 bits per heavy atom. The first-order valence-corrected chi connectivity index (χ1v) is 6.98. The molecule has 14 heavy (non-hydrogen) atoms. The van der Waals surface area contributed by atoms with Gasteiger partial charge in [-0.3, -0.25) is 0 Å². The smallest absolute Gasteiger partial charge is 0.267 e. The first-order valence-electron chi connectivity index (χ1n) is 3.79. The molecule has 0 fully saturated rings. The lowest BCUT2D eigenvalue weighted by molar-refractivity contribution is 0.382. The first-order chi connectivity index (χ1) is 6.57. The molecule has 0 radical (unpaired) electrons. The van der Waals surface area contributed by atoms with Crippen LogP contribution in [0.4, 0.5) is 0 Å². The summed E-state index contributed by atoms with van der Waals surface area (Å²) in [6.45, 7) is 0. The summed E-state index contributed by atoms with van der Waals surface area (Å²) < 4.78 is 27.1. The number of rotatable bonds is 2. The Hall–Kier alpha value is -0.460. The van der Waals surface area contributed by atoms with Crippen molar-refractivity contribution in [3.63, 3.8) is 0 Å². The average Bonchev–Trinajstić information content (AvgIpc) is 2.73. The van der Waals surface area contributed by atoms with Crippen LogP contribution in [-0.4, -0.2) is 13.6 Å². The molecular weight excluding hydrogens is 246 g/mol. The van der Waals surface area contributed by atoms with Crippen LogP contribution >= 0.6 is 22.4 Å². The van der Waals surface area contributed by atoms with E-state index >= 15 is 0 Å². The molecule has 0 aliphatic carbocycles. The minimum Gasteiger partial charge on any atom is -0.360 e. The fraction of sp³-hybridized carbons (Fsp3) is 0.286. The third kappa shape index (κ3) is 1.97. The average molecular weight is 252 g/mol. The van der Waals surface area contributed by atoms with Gasteiger partial charge in [0.1, 0.15) is 10.00 Å². The monoisotopic (exact) mass is 251 g/mol. The summed E-state index contributed by atoms with van der Waals surface area (Å²) in [6.07, 6.45) is 3.73. The highest BCUT2D eigenvalue weighted by molar-refractivity contribution is 8.29. The molecule has 1 aromatic heterocycles. The normalized spacial score (nSPS) is 22.4. The van der Waals surface area contributed by atoms with Crippen molar-refractivity contribution in [3.8, 4) is 0 Å². The lowest BCUT2D eigenvalue weighted by Gasteiger charge is -2.02. The Kier molecular flexibility index (Phi) is 2.59. The van der Waals surface area contributed by atoms with E-state index in [2.05, 4.69) is 5.16 Å². The quantitative estimate of drug-likeness (QED) is 0.755. The van der Waals surface area contributed by atoms with Gasteiger partial charge in [0.15, 0.2) is 0 Å². The molecule has 1 aliphatic heterocycles. The molecule has 0 N–H and O–H groups in total. The van der Waals surface area contributed by atoms with E-state index in [1.54, 1.807) is 12.1 Å². The minimum atomic E-state index is -3.59. The molecule has 0 aromatic carbocycles. The molecule has 2 rings (SSSR count). The maximum absolute atomic E-state index is 11.0. The Morgan fingerprint density at radius 2 is 2.43 bits per heavy atom. The highest BCUT2D eigenvalue weighted by Crippen LogP contribution is 2.46. The van der Waals surface area contributed by atoms with Crippen LogP contribution in [0.1, 0.15) is 17.4 Å². The predicted octanol–water partition coefficient (Wildman–Crippen LogP) is 2.26. The molecule has 76 valence electrons. The van der Waals surface area contributed by atoms with Crippen molar-refractivity contribution in [2.45, 2.75) is 11.7 Å². The van der Waals surface area contributed by atoms with E-state index in [1.165, 1.54) is 18.0 Å². The van der Waals surface area contributed by atoms with Crippen LogP contribution in [0.3, 0.4) is 0 Å². The largest absolute Gasteiger partial charge is 0.360 e. The van der Waals surface area contributed by atoms with Crippen molar-refractivity contribution in [3.05, 3.63) is 28.3 Å². The second-order valence-electron chi connectivity index (χ2n) is 2.72. The first kappa shape index (κ1) is 10.1. The second-order valence-corrected chi connectivity index (χ2v) is 6.76. The molecule has 1 atom stereocenters. The zero-order valence-corrected chi connectivity index (χ0v) is 9.27. The Bertz CT molecular complexity index is 451. The number of hydrogen-bond acceptors (Lipinski definition) is 5. The number of allylic oxidation sites excluding steroid dienone is 1. The third-order valence-corrected chi connectivity index (χ3v) is 5.25. The summed E-state index contributed by atoms with van der Waals surface area (Å²) in [7, 11) is 1.61. The van der Waals surface area contributed by atoms with Gasteiger partial charge in [-0.25, -0.2) is 8.42 Å². The van der Waals surface area contributed by atoms with Gasteiger partial charge in [-0.2, -0.15) is 0 Å². The number of nitrogens with zero attached hydrogens (tertiary/aromatic N) is 1. The maximum Gasteiger partial charge on any atom is 0.267 e. The fourth-order valence-corrected chi connectivity index (χ4v) is 3.69. The van der Waals surface area contributed by atoms with Gasteiger partial charge in [0, 0.05) is 16.7 Å². The van der Waals surface area contributed by atoms with E-state index in [1.807, 2.05) is 0 Å². The van der Waals surface area contributed by atoms with Crippen LogP contribution in [0.2, 0.25) is 0 Å². The van der Waals surface area contributed by atoms with Crippen LogP contribution in [0.5, 0.6) is 0 Å². The number of thioether (sulfide) groups is 1. The molecule has 2 heterocycles. The molecule has 0 saturated carbocycles. The summed E-state index contributed by atoms with van der Waals surface area (Å²) >= 11 is 1.18. The van der Waals surface area contributed by atoms with Crippen LogP contribution in [0.15, 0.2) is 27.1 Å². The highest BCUT2D eigenvalue weighted by Gasteiger charge is 2.28. The molecule has 0 bridgehead atoms. The molecule has 0 amide bonds. The van der Waals surface area contributed by atoms with Gasteiger partial charge in [0.05, 0.1) is 11.4 Å². The van der Waals surface area contributed by atoms with Crippen molar-refractivity contribution >= 4 is 31.5 Å². The van der Waals surface area contributed by atoms with Gasteiger partial charge in [0.2, 0.25) is 0 Å². The summed E-state index contributed by atoms with van der Waals surface area (Å²) in [5, 5.41) is 3.53. The molecular formula is C7H6ClNO3S2. The van der Waals surface area contributed by atoms with Crippen LogP contribution in [0, 0.1) is 0 Å². The zero-order valence-electron chi connectivity index (χ0n) is 6.88. The molecule has 7 heteroatoms. The van der Waals surface area contributed by atoms with Crippen LogP contribution in [0.25, 0.3) is 0 Å². The topological polar surface area (TPSA) is 60.2 Å². The van der Waals surface area contributed by atoms with Crippen molar-refractivity contribution in [1.82, 2.24) is 5.16 Å². The maximum atomic E-state index is 11.0. The Labute approximate surface area is 89.7 Å². The van der Waals surface area contributed by atoms with Gasteiger partial charge in [-0.15, -0.1) is 11.8 Å². The molecule has 1 unspecified atom stereocenters. The Morgan fingerprint density at radius 3 is 2.93 bits per heavy atom. The predicted molar refractivity (Wildman–Crippen MR) is 54.3 cm³/mol. The van der Waals surface area contributed by atoms with Gasteiger partial charge < -0.3 is 4.52 Å². The van der Waals surface area contributed by atoms with E-state index in [0.29, 0.717) is 12.2 Å². The molecule has 4 nitrogen and oxygen atoms in total. The van der Waals surface area contributed by atoms with Gasteiger partial charge in [0.25, 0.3) is 9.05 Å². The number of aromatic nitrogens is 1. The van der Waals surface area contributed by atoms with E-state index in [-0.39, 0.29) is 9.49 Å². The lowest BCUT2D eigenvalue weighted by Crippen LogP contribution is -1.89. The highest BCUT2D eigenvalue weighted by atomic mass is 35.7. The SMILES string of the molecule is O=S(=O)(Cl)C1=CCC(c2ccno2)S1. The summed E-state index contributed by atoms with van der Waals surface area (Å²) in [6, 6.07) is 1.72. The minimum absolute atomic E-state index is 0.0268.